The van der Waals surface area contributed by atoms with Crippen molar-refractivity contribution in [3.63, 3.8) is 0 Å². The zero-order chi connectivity index (χ0) is 21.7. The molecule has 0 fully saturated rings. The Hall–Kier alpha value is -3.60. The number of nitrogens with zero attached hydrogens (tertiary/aromatic N) is 3. The third-order valence-corrected chi connectivity index (χ3v) is 4.32. The number of carbonyl (C=O) groups is 1. The standard InChI is InChI=1S/C19H15BrFN5O4/c1-2-30-19(27)11-4-3-5-13(8-11)24-17-16(26(28)29)18(23-10-22-17)25-15-7-6-12(20)9-14(15)21/h3-10H,2H2,1H3,(H2,22,23,24,25). The minimum absolute atomic E-state index is 0.00950. The van der Waals surface area contributed by atoms with E-state index < -0.39 is 22.4 Å². The van der Waals surface area contributed by atoms with Crippen LogP contribution in [0.25, 0.3) is 0 Å². The fourth-order valence-corrected chi connectivity index (χ4v) is 2.86. The average molecular weight is 476 g/mol. The van der Waals surface area contributed by atoms with Crippen molar-refractivity contribution in [2.75, 3.05) is 17.2 Å². The van der Waals surface area contributed by atoms with Gasteiger partial charge < -0.3 is 15.4 Å². The third-order valence-electron chi connectivity index (χ3n) is 3.83. The second kappa shape index (κ2) is 9.27. The summed E-state index contributed by atoms with van der Waals surface area (Å²) >= 11 is 3.15. The Morgan fingerprint density at radius 3 is 2.60 bits per heavy atom. The predicted octanol–water partition coefficient (Wildman–Crippen LogP) is 4.95. The summed E-state index contributed by atoms with van der Waals surface area (Å²) in [5, 5.41) is 17.1. The maximum atomic E-state index is 14.1. The fraction of sp³-hybridized carbons (Fsp3) is 0.105. The molecule has 154 valence electrons. The van der Waals surface area contributed by atoms with Crippen LogP contribution in [0.1, 0.15) is 17.3 Å². The SMILES string of the molecule is CCOC(=O)c1cccc(Nc2ncnc(Nc3ccc(Br)cc3F)c2[N+](=O)[O-])c1. The number of nitrogens with one attached hydrogen (secondary N) is 2. The van der Waals surface area contributed by atoms with Crippen LogP contribution in [0.3, 0.4) is 0 Å². The number of hydrogen-bond donors (Lipinski definition) is 2. The molecule has 3 aromatic rings. The fourth-order valence-electron chi connectivity index (χ4n) is 2.53. The number of anilines is 4. The Kier molecular flexibility index (Phi) is 6.52. The van der Waals surface area contributed by atoms with Crippen molar-refractivity contribution >= 4 is 50.6 Å². The van der Waals surface area contributed by atoms with Crippen molar-refractivity contribution in [2.24, 2.45) is 0 Å². The van der Waals surface area contributed by atoms with Crippen molar-refractivity contribution in [3.8, 4) is 0 Å². The van der Waals surface area contributed by atoms with Gasteiger partial charge in [-0.05, 0) is 43.3 Å². The van der Waals surface area contributed by atoms with E-state index in [1.54, 1.807) is 31.2 Å². The minimum atomic E-state index is -0.684. The van der Waals surface area contributed by atoms with Crippen molar-refractivity contribution in [1.29, 1.82) is 0 Å². The lowest BCUT2D eigenvalue weighted by Crippen LogP contribution is -2.07. The van der Waals surface area contributed by atoms with Gasteiger partial charge in [0.05, 0.1) is 22.8 Å². The molecule has 0 atom stereocenters. The van der Waals surface area contributed by atoms with Crippen molar-refractivity contribution in [3.05, 3.63) is 74.8 Å². The van der Waals surface area contributed by atoms with E-state index in [1.807, 2.05) is 0 Å². The number of aromatic nitrogens is 2. The van der Waals surface area contributed by atoms with Crippen LogP contribution < -0.4 is 10.6 Å². The van der Waals surface area contributed by atoms with Crippen LogP contribution in [-0.2, 0) is 4.74 Å². The Morgan fingerprint density at radius 1 is 1.20 bits per heavy atom. The van der Waals surface area contributed by atoms with Crippen molar-refractivity contribution in [1.82, 2.24) is 9.97 Å². The molecule has 0 bridgehead atoms. The molecule has 1 aromatic heterocycles. The van der Waals surface area contributed by atoms with Gasteiger partial charge in [-0.1, -0.05) is 22.0 Å². The molecule has 2 N–H and O–H groups in total. The summed E-state index contributed by atoms with van der Waals surface area (Å²) in [6.45, 7) is 1.91. The highest BCUT2D eigenvalue weighted by Gasteiger charge is 2.24. The highest BCUT2D eigenvalue weighted by molar-refractivity contribution is 9.10. The second-order valence-electron chi connectivity index (χ2n) is 5.85. The number of benzene rings is 2. The molecule has 3 rings (SSSR count). The molecule has 0 unspecified atom stereocenters. The van der Waals surface area contributed by atoms with Crippen LogP contribution in [0.2, 0.25) is 0 Å². The van der Waals surface area contributed by atoms with Gasteiger partial charge in [0, 0.05) is 10.2 Å². The molecule has 0 saturated carbocycles. The summed E-state index contributed by atoms with van der Waals surface area (Å²) in [4.78, 5) is 30.7. The number of halogens is 2. The number of esters is 1. The van der Waals surface area contributed by atoms with Crippen LogP contribution in [-0.4, -0.2) is 27.5 Å². The summed E-state index contributed by atoms with van der Waals surface area (Å²) in [6.07, 6.45) is 1.10. The van der Waals surface area contributed by atoms with Gasteiger partial charge >= 0.3 is 11.7 Å². The zero-order valence-corrected chi connectivity index (χ0v) is 17.1. The summed E-state index contributed by atoms with van der Waals surface area (Å²) in [7, 11) is 0. The summed E-state index contributed by atoms with van der Waals surface area (Å²) in [5.41, 5.74) is 0.175. The number of nitro groups is 1. The van der Waals surface area contributed by atoms with Gasteiger partial charge in [0.1, 0.15) is 12.1 Å². The number of hydrogen-bond acceptors (Lipinski definition) is 8. The van der Waals surface area contributed by atoms with Gasteiger partial charge in [-0.2, -0.15) is 0 Å². The molecule has 0 aliphatic carbocycles. The summed E-state index contributed by atoms with van der Waals surface area (Å²) < 4.78 is 19.6. The first-order valence-electron chi connectivity index (χ1n) is 8.64. The molecule has 0 amide bonds. The van der Waals surface area contributed by atoms with Gasteiger partial charge in [0.15, 0.2) is 0 Å². The monoisotopic (exact) mass is 475 g/mol. The molecular weight excluding hydrogens is 461 g/mol. The normalized spacial score (nSPS) is 10.4. The van der Waals surface area contributed by atoms with E-state index in [4.69, 9.17) is 4.74 Å². The molecule has 0 spiro atoms. The molecule has 0 saturated heterocycles. The lowest BCUT2D eigenvalue weighted by molar-refractivity contribution is -0.383. The van der Waals surface area contributed by atoms with Crippen molar-refractivity contribution < 1.29 is 18.8 Å². The van der Waals surface area contributed by atoms with Gasteiger partial charge in [-0.25, -0.2) is 19.2 Å². The number of carbonyl (C=O) groups excluding carboxylic acids is 1. The second-order valence-corrected chi connectivity index (χ2v) is 6.77. The minimum Gasteiger partial charge on any atom is -0.462 e. The van der Waals surface area contributed by atoms with E-state index in [0.29, 0.717) is 10.2 Å². The highest BCUT2D eigenvalue weighted by Crippen LogP contribution is 2.34. The Labute approximate surface area is 178 Å². The van der Waals surface area contributed by atoms with E-state index in [9.17, 15) is 19.3 Å². The van der Waals surface area contributed by atoms with E-state index >= 15 is 0 Å². The van der Waals surface area contributed by atoms with Crippen molar-refractivity contribution in [2.45, 2.75) is 6.92 Å². The van der Waals surface area contributed by atoms with Crippen LogP contribution in [0.5, 0.6) is 0 Å². The van der Waals surface area contributed by atoms with Crippen LogP contribution >= 0.6 is 15.9 Å². The predicted molar refractivity (Wildman–Crippen MR) is 112 cm³/mol. The maximum absolute atomic E-state index is 14.1. The smallest absolute Gasteiger partial charge is 0.353 e. The maximum Gasteiger partial charge on any atom is 0.353 e. The number of ether oxygens (including phenoxy) is 1. The molecule has 30 heavy (non-hydrogen) atoms. The first-order valence-corrected chi connectivity index (χ1v) is 9.44. The van der Waals surface area contributed by atoms with Crippen LogP contribution in [0.4, 0.5) is 33.1 Å². The molecule has 1 heterocycles. The molecular formula is C19H15BrFN5O4. The Morgan fingerprint density at radius 2 is 1.93 bits per heavy atom. The first kappa shape index (κ1) is 21.1. The lowest BCUT2D eigenvalue weighted by atomic mass is 10.2. The zero-order valence-electron chi connectivity index (χ0n) is 15.6. The average Bonchev–Trinajstić information content (AvgIpc) is 2.70. The molecule has 9 nitrogen and oxygen atoms in total. The quantitative estimate of drug-likeness (QED) is 0.279. The van der Waals surface area contributed by atoms with E-state index in [-0.39, 0.29) is 29.5 Å². The third kappa shape index (κ3) is 4.87. The van der Waals surface area contributed by atoms with Gasteiger partial charge in [-0.3, -0.25) is 10.1 Å². The van der Waals surface area contributed by atoms with Crippen LogP contribution in [0.15, 0.2) is 53.3 Å². The molecule has 0 radical (unpaired) electrons. The van der Waals surface area contributed by atoms with Gasteiger partial charge in [0.2, 0.25) is 11.6 Å². The summed E-state index contributed by atoms with van der Waals surface area (Å²) in [5.74, 6) is -1.46. The lowest BCUT2D eigenvalue weighted by Gasteiger charge is -2.11. The molecule has 0 aliphatic rings. The van der Waals surface area contributed by atoms with E-state index in [2.05, 4.69) is 36.5 Å². The molecule has 11 heteroatoms. The van der Waals surface area contributed by atoms with E-state index in [1.165, 1.54) is 18.2 Å². The molecule has 0 aliphatic heterocycles. The number of rotatable bonds is 7. The first-order chi connectivity index (χ1) is 14.4. The van der Waals surface area contributed by atoms with Gasteiger partial charge in [0.25, 0.3) is 0 Å². The van der Waals surface area contributed by atoms with Gasteiger partial charge in [-0.15, -0.1) is 0 Å². The summed E-state index contributed by atoms with van der Waals surface area (Å²) in [6, 6.07) is 10.5. The van der Waals surface area contributed by atoms with E-state index in [0.717, 1.165) is 6.33 Å². The molecule has 2 aromatic carbocycles. The van der Waals surface area contributed by atoms with Crippen LogP contribution in [0, 0.1) is 15.9 Å². The highest BCUT2D eigenvalue weighted by atomic mass is 79.9. The largest absolute Gasteiger partial charge is 0.462 e. The Bertz CT molecular complexity index is 1110. The topological polar surface area (TPSA) is 119 Å². The Balaban J connectivity index is 1.94.